The number of hydrogen-bond acceptors (Lipinski definition) is 4. The van der Waals surface area contributed by atoms with Gasteiger partial charge in [0, 0.05) is 19.3 Å². The van der Waals surface area contributed by atoms with Crippen molar-refractivity contribution < 1.29 is 14.3 Å². The molecule has 0 saturated heterocycles. The molecule has 0 fully saturated rings. The molecular formula is C20H27ClN2O3. The summed E-state index contributed by atoms with van der Waals surface area (Å²) in [5.74, 6) is 0.704. The van der Waals surface area contributed by atoms with Gasteiger partial charge in [-0.05, 0) is 43.2 Å². The van der Waals surface area contributed by atoms with Crippen LogP contribution in [0.4, 0.5) is 5.69 Å². The normalized spacial score (nSPS) is 11.3. The highest BCUT2D eigenvalue weighted by Gasteiger charge is 2.09. The van der Waals surface area contributed by atoms with Gasteiger partial charge in [0.1, 0.15) is 11.9 Å². The van der Waals surface area contributed by atoms with Crippen molar-refractivity contribution in [2.75, 3.05) is 32.1 Å². The van der Waals surface area contributed by atoms with E-state index in [0.29, 0.717) is 13.2 Å². The average molecular weight is 379 g/mol. The Morgan fingerprint density at radius 1 is 1.15 bits per heavy atom. The Bertz CT molecular complexity index is 680. The number of ether oxygens (including phenoxy) is 2. The molecule has 2 aromatic rings. The lowest BCUT2D eigenvalue weighted by molar-refractivity contribution is -0.115. The Balaban J connectivity index is 0.00000338. The summed E-state index contributed by atoms with van der Waals surface area (Å²) in [7, 11) is 1.63. The largest absolute Gasteiger partial charge is 0.486 e. The summed E-state index contributed by atoms with van der Waals surface area (Å²) >= 11 is 0. The van der Waals surface area contributed by atoms with Crippen molar-refractivity contribution >= 4 is 24.0 Å². The number of benzene rings is 2. The van der Waals surface area contributed by atoms with E-state index >= 15 is 0 Å². The zero-order valence-corrected chi connectivity index (χ0v) is 16.3. The number of rotatable bonds is 9. The van der Waals surface area contributed by atoms with Gasteiger partial charge in [-0.3, -0.25) is 4.79 Å². The highest BCUT2D eigenvalue weighted by molar-refractivity contribution is 5.93. The lowest BCUT2D eigenvalue weighted by Gasteiger charge is -2.17. The number of aryl methyl sites for hydroxylation is 1. The van der Waals surface area contributed by atoms with Gasteiger partial charge in [0.05, 0.1) is 13.2 Å². The maximum absolute atomic E-state index is 11.9. The molecule has 0 heterocycles. The molecule has 1 atom stereocenters. The molecule has 0 radical (unpaired) electrons. The molecule has 0 spiro atoms. The van der Waals surface area contributed by atoms with Crippen molar-refractivity contribution in [1.82, 2.24) is 5.32 Å². The fraction of sp³-hybridized carbons (Fsp3) is 0.350. The highest BCUT2D eigenvalue weighted by atomic mass is 35.5. The van der Waals surface area contributed by atoms with Gasteiger partial charge in [-0.2, -0.15) is 0 Å². The monoisotopic (exact) mass is 378 g/mol. The van der Waals surface area contributed by atoms with Crippen LogP contribution in [0.3, 0.4) is 0 Å². The first-order valence-corrected chi connectivity index (χ1v) is 8.42. The first-order chi connectivity index (χ1) is 12.1. The zero-order valence-electron chi connectivity index (χ0n) is 15.5. The molecule has 1 amide bonds. The summed E-state index contributed by atoms with van der Waals surface area (Å²) in [6.45, 7) is 5.46. The van der Waals surface area contributed by atoms with E-state index < -0.39 is 0 Å². The van der Waals surface area contributed by atoms with E-state index in [4.69, 9.17) is 9.47 Å². The van der Waals surface area contributed by atoms with Gasteiger partial charge in [0.15, 0.2) is 0 Å². The third kappa shape index (κ3) is 7.04. The molecule has 2 aromatic carbocycles. The number of carbonyl (C=O) groups is 1. The predicted molar refractivity (Wildman–Crippen MR) is 107 cm³/mol. The van der Waals surface area contributed by atoms with Crippen molar-refractivity contribution in [3.05, 3.63) is 59.7 Å². The second-order valence-electron chi connectivity index (χ2n) is 5.87. The number of hydrogen-bond donors (Lipinski definition) is 2. The molecule has 0 aliphatic rings. The van der Waals surface area contributed by atoms with Gasteiger partial charge in [-0.25, -0.2) is 0 Å². The molecule has 0 bridgehead atoms. The van der Waals surface area contributed by atoms with Gasteiger partial charge in [-0.15, -0.1) is 12.4 Å². The summed E-state index contributed by atoms with van der Waals surface area (Å²) in [5, 5.41) is 5.92. The van der Waals surface area contributed by atoms with E-state index in [9.17, 15) is 4.79 Å². The molecule has 6 heteroatoms. The summed E-state index contributed by atoms with van der Waals surface area (Å²) in [6, 6.07) is 15.8. The number of nitrogens with one attached hydrogen (secondary N) is 2. The molecule has 1 unspecified atom stereocenters. The minimum Gasteiger partial charge on any atom is -0.486 e. The summed E-state index contributed by atoms with van der Waals surface area (Å²) in [5.41, 5.74) is 2.88. The SMILES string of the molecule is COCCNCC(=O)Nc1ccc(OC(C)c2ccccc2)cc1C.Cl. The van der Waals surface area contributed by atoms with Gasteiger partial charge in [-0.1, -0.05) is 30.3 Å². The van der Waals surface area contributed by atoms with Crippen LogP contribution in [0.2, 0.25) is 0 Å². The van der Waals surface area contributed by atoms with Crippen LogP contribution in [0, 0.1) is 6.92 Å². The van der Waals surface area contributed by atoms with E-state index in [2.05, 4.69) is 10.6 Å². The molecule has 0 aliphatic heterocycles. The van der Waals surface area contributed by atoms with E-state index in [1.807, 2.05) is 62.4 Å². The number of anilines is 1. The van der Waals surface area contributed by atoms with Crippen LogP contribution in [0.25, 0.3) is 0 Å². The van der Waals surface area contributed by atoms with Crippen LogP contribution in [0.15, 0.2) is 48.5 Å². The van der Waals surface area contributed by atoms with E-state index in [0.717, 1.165) is 22.6 Å². The molecular weight excluding hydrogens is 352 g/mol. The fourth-order valence-electron chi connectivity index (χ4n) is 2.42. The fourth-order valence-corrected chi connectivity index (χ4v) is 2.42. The molecule has 5 nitrogen and oxygen atoms in total. The van der Waals surface area contributed by atoms with Crippen LogP contribution in [0.5, 0.6) is 5.75 Å². The topological polar surface area (TPSA) is 59.6 Å². The summed E-state index contributed by atoms with van der Waals surface area (Å²) < 4.78 is 10.9. The number of halogens is 1. The van der Waals surface area contributed by atoms with Crippen molar-refractivity contribution in [1.29, 1.82) is 0 Å². The number of methoxy groups -OCH3 is 1. The molecule has 26 heavy (non-hydrogen) atoms. The minimum atomic E-state index is -0.0782. The van der Waals surface area contributed by atoms with Gasteiger partial charge < -0.3 is 20.1 Å². The van der Waals surface area contributed by atoms with Gasteiger partial charge in [0.2, 0.25) is 5.91 Å². The van der Waals surface area contributed by atoms with Crippen LogP contribution >= 0.6 is 12.4 Å². The second kappa shape index (κ2) is 11.5. The van der Waals surface area contributed by atoms with Gasteiger partial charge in [0.25, 0.3) is 0 Å². The van der Waals surface area contributed by atoms with Crippen molar-refractivity contribution in [2.24, 2.45) is 0 Å². The third-order valence-electron chi connectivity index (χ3n) is 3.82. The zero-order chi connectivity index (χ0) is 18.1. The van der Waals surface area contributed by atoms with Crippen molar-refractivity contribution in [3.8, 4) is 5.75 Å². The Kier molecular flexibility index (Phi) is 9.73. The maximum atomic E-state index is 11.9. The Morgan fingerprint density at radius 2 is 1.88 bits per heavy atom. The Hall–Kier alpha value is -2.08. The molecule has 2 rings (SSSR count). The van der Waals surface area contributed by atoms with Crippen LogP contribution in [0.1, 0.15) is 24.2 Å². The van der Waals surface area contributed by atoms with E-state index in [1.54, 1.807) is 7.11 Å². The third-order valence-corrected chi connectivity index (χ3v) is 3.82. The first-order valence-electron chi connectivity index (χ1n) is 8.42. The van der Waals surface area contributed by atoms with Crippen LogP contribution in [-0.2, 0) is 9.53 Å². The molecule has 0 aliphatic carbocycles. The van der Waals surface area contributed by atoms with Gasteiger partial charge >= 0.3 is 0 Å². The summed E-state index contributed by atoms with van der Waals surface area (Å²) in [6.07, 6.45) is -0.0361. The van der Waals surface area contributed by atoms with E-state index in [1.165, 1.54) is 0 Å². The first kappa shape index (κ1) is 22.0. The van der Waals surface area contributed by atoms with Crippen molar-refractivity contribution in [3.63, 3.8) is 0 Å². The smallest absolute Gasteiger partial charge is 0.238 e. The van der Waals surface area contributed by atoms with Crippen molar-refractivity contribution in [2.45, 2.75) is 20.0 Å². The lowest BCUT2D eigenvalue weighted by Crippen LogP contribution is -2.30. The lowest BCUT2D eigenvalue weighted by atomic mass is 10.1. The van der Waals surface area contributed by atoms with Crippen LogP contribution in [-0.4, -0.2) is 32.7 Å². The molecule has 142 valence electrons. The molecule has 0 aromatic heterocycles. The second-order valence-corrected chi connectivity index (χ2v) is 5.87. The predicted octanol–water partition coefficient (Wildman–Crippen LogP) is 3.73. The van der Waals surface area contributed by atoms with Crippen LogP contribution < -0.4 is 15.4 Å². The minimum absolute atomic E-state index is 0. The molecule has 0 saturated carbocycles. The maximum Gasteiger partial charge on any atom is 0.238 e. The Morgan fingerprint density at radius 3 is 2.54 bits per heavy atom. The number of amides is 1. The Labute approximate surface area is 161 Å². The number of carbonyl (C=O) groups excluding carboxylic acids is 1. The van der Waals surface area contributed by atoms with E-state index in [-0.39, 0.29) is 31.0 Å². The standard InChI is InChI=1S/C20H26N2O3.ClH/c1-15-13-18(25-16(2)17-7-5-4-6-8-17)9-10-19(15)22-20(23)14-21-11-12-24-3;/h4-10,13,16,21H,11-12,14H2,1-3H3,(H,22,23);1H. The quantitative estimate of drug-likeness (QED) is 0.653. The molecule has 2 N–H and O–H groups in total. The highest BCUT2D eigenvalue weighted by Crippen LogP contribution is 2.26. The average Bonchev–Trinajstić information content (AvgIpc) is 2.62. The summed E-state index contributed by atoms with van der Waals surface area (Å²) in [4.78, 5) is 11.9.